The summed E-state index contributed by atoms with van der Waals surface area (Å²) in [5.41, 5.74) is 13.3. The minimum Gasteiger partial charge on any atom is -0.398 e. The Hall–Kier alpha value is -0.960. The number of anilines is 1. The Morgan fingerprint density at radius 3 is 2.27 bits per heavy atom. The molecular formula is C11H14Cl2N2. The fraction of sp³-hybridized carbons (Fsp3) is 0.0909. The lowest BCUT2D eigenvalue weighted by atomic mass is 10.0. The van der Waals surface area contributed by atoms with Gasteiger partial charge in [-0.3, -0.25) is 0 Å². The molecule has 0 atom stereocenters. The summed E-state index contributed by atoms with van der Waals surface area (Å²) in [6, 6.07) is 12.1. The van der Waals surface area contributed by atoms with E-state index < -0.39 is 0 Å². The smallest absolute Gasteiger partial charge is 0.0366 e. The Bertz CT molecular complexity index is 444. The molecule has 0 bridgehead atoms. The lowest BCUT2D eigenvalue weighted by Crippen LogP contribution is -2.02. The standard InChI is InChI=1S/C11H12N2.2ClH/c12-7-10-9-4-2-1-3-8(9)5-6-11(10)13;;/h1-6H,7,12-13H2;2*1H. The molecule has 2 aromatic rings. The number of nitrogens with two attached hydrogens (primary N) is 2. The maximum absolute atomic E-state index is 5.82. The van der Waals surface area contributed by atoms with Gasteiger partial charge < -0.3 is 11.5 Å². The third-order valence-electron chi connectivity index (χ3n) is 2.28. The average molecular weight is 245 g/mol. The van der Waals surface area contributed by atoms with Crippen molar-refractivity contribution in [3.8, 4) is 0 Å². The normalized spacial score (nSPS) is 9.13. The van der Waals surface area contributed by atoms with Crippen molar-refractivity contribution in [3.63, 3.8) is 0 Å². The first-order chi connectivity index (χ1) is 6.33. The van der Waals surface area contributed by atoms with E-state index in [9.17, 15) is 0 Å². The number of nitrogen functional groups attached to an aromatic ring is 1. The van der Waals surface area contributed by atoms with Gasteiger partial charge >= 0.3 is 0 Å². The Kier molecular flexibility index (Phi) is 5.44. The molecule has 2 nitrogen and oxygen atoms in total. The summed E-state index contributed by atoms with van der Waals surface area (Å²) in [5, 5.41) is 2.35. The summed E-state index contributed by atoms with van der Waals surface area (Å²) < 4.78 is 0. The lowest BCUT2D eigenvalue weighted by Gasteiger charge is -2.06. The number of hydrogen-bond donors (Lipinski definition) is 2. The van der Waals surface area contributed by atoms with Crippen LogP contribution in [0, 0.1) is 0 Å². The molecule has 0 fully saturated rings. The first-order valence-electron chi connectivity index (χ1n) is 4.29. The van der Waals surface area contributed by atoms with Gasteiger partial charge in [0.15, 0.2) is 0 Å². The molecule has 0 unspecified atom stereocenters. The fourth-order valence-electron chi connectivity index (χ4n) is 1.58. The van der Waals surface area contributed by atoms with Gasteiger partial charge in [-0.05, 0) is 22.4 Å². The van der Waals surface area contributed by atoms with Gasteiger partial charge in [0, 0.05) is 12.2 Å². The molecule has 4 heteroatoms. The molecule has 0 amide bonds. The van der Waals surface area contributed by atoms with Crippen molar-refractivity contribution < 1.29 is 0 Å². The molecule has 2 aromatic carbocycles. The largest absolute Gasteiger partial charge is 0.398 e. The van der Waals surface area contributed by atoms with Crippen molar-refractivity contribution in [1.29, 1.82) is 0 Å². The number of benzene rings is 2. The molecular weight excluding hydrogens is 231 g/mol. The van der Waals surface area contributed by atoms with Gasteiger partial charge in [-0.1, -0.05) is 30.3 Å². The summed E-state index contributed by atoms with van der Waals surface area (Å²) in [6.07, 6.45) is 0. The van der Waals surface area contributed by atoms with E-state index in [1.807, 2.05) is 30.3 Å². The van der Waals surface area contributed by atoms with Crippen LogP contribution in [-0.4, -0.2) is 0 Å². The van der Waals surface area contributed by atoms with Crippen LogP contribution in [0.5, 0.6) is 0 Å². The maximum Gasteiger partial charge on any atom is 0.0366 e. The van der Waals surface area contributed by atoms with Crippen LogP contribution in [0.4, 0.5) is 5.69 Å². The molecule has 0 aliphatic heterocycles. The van der Waals surface area contributed by atoms with Gasteiger partial charge in [0.05, 0.1) is 0 Å². The van der Waals surface area contributed by atoms with Gasteiger partial charge in [-0.15, -0.1) is 24.8 Å². The lowest BCUT2D eigenvalue weighted by molar-refractivity contribution is 1.09. The number of fused-ring (bicyclic) bond motifs is 1. The van der Waals surface area contributed by atoms with Crippen LogP contribution in [0.15, 0.2) is 36.4 Å². The molecule has 0 saturated heterocycles. The number of rotatable bonds is 1. The molecule has 82 valence electrons. The minimum atomic E-state index is 0. The predicted octanol–water partition coefficient (Wildman–Crippen LogP) is 2.72. The second-order valence-corrected chi connectivity index (χ2v) is 3.06. The fourth-order valence-corrected chi connectivity index (χ4v) is 1.58. The maximum atomic E-state index is 5.82. The van der Waals surface area contributed by atoms with Crippen LogP contribution in [0.1, 0.15) is 5.56 Å². The SMILES string of the molecule is Cl.Cl.NCc1c(N)ccc2ccccc12. The number of hydrogen-bond acceptors (Lipinski definition) is 2. The second-order valence-electron chi connectivity index (χ2n) is 3.06. The molecule has 0 aliphatic carbocycles. The van der Waals surface area contributed by atoms with Crippen LogP contribution < -0.4 is 11.5 Å². The summed E-state index contributed by atoms with van der Waals surface area (Å²) >= 11 is 0. The van der Waals surface area contributed by atoms with Gasteiger partial charge in [-0.2, -0.15) is 0 Å². The zero-order valence-corrected chi connectivity index (χ0v) is 9.78. The molecule has 0 radical (unpaired) electrons. The Morgan fingerprint density at radius 1 is 0.933 bits per heavy atom. The van der Waals surface area contributed by atoms with Crippen molar-refractivity contribution in [2.75, 3.05) is 5.73 Å². The van der Waals surface area contributed by atoms with Crippen LogP contribution in [-0.2, 0) is 6.54 Å². The summed E-state index contributed by atoms with van der Waals surface area (Å²) in [6.45, 7) is 0.493. The van der Waals surface area contributed by atoms with E-state index in [1.54, 1.807) is 0 Å². The molecule has 15 heavy (non-hydrogen) atoms. The molecule has 0 aliphatic rings. The van der Waals surface area contributed by atoms with Gasteiger partial charge in [0.2, 0.25) is 0 Å². The van der Waals surface area contributed by atoms with E-state index in [2.05, 4.69) is 6.07 Å². The summed E-state index contributed by atoms with van der Waals surface area (Å²) in [4.78, 5) is 0. The Labute approximate surface area is 101 Å². The average Bonchev–Trinajstić information content (AvgIpc) is 2.18. The van der Waals surface area contributed by atoms with E-state index in [1.165, 1.54) is 5.39 Å². The highest BCUT2D eigenvalue weighted by Crippen LogP contribution is 2.23. The van der Waals surface area contributed by atoms with Crippen molar-refractivity contribution in [2.24, 2.45) is 5.73 Å². The topological polar surface area (TPSA) is 52.0 Å². The van der Waals surface area contributed by atoms with E-state index in [4.69, 9.17) is 11.5 Å². The highest BCUT2D eigenvalue weighted by molar-refractivity contribution is 5.89. The molecule has 2 rings (SSSR count). The molecule has 4 N–H and O–H groups in total. The zero-order chi connectivity index (χ0) is 9.26. The van der Waals surface area contributed by atoms with Crippen LogP contribution in [0.3, 0.4) is 0 Å². The van der Waals surface area contributed by atoms with E-state index >= 15 is 0 Å². The van der Waals surface area contributed by atoms with E-state index in [-0.39, 0.29) is 24.8 Å². The van der Waals surface area contributed by atoms with Crippen molar-refractivity contribution in [2.45, 2.75) is 6.54 Å². The van der Waals surface area contributed by atoms with Gasteiger partial charge in [0.25, 0.3) is 0 Å². The van der Waals surface area contributed by atoms with Gasteiger partial charge in [0.1, 0.15) is 0 Å². The molecule has 0 heterocycles. The van der Waals surface area contributed by atoms with Gasteiger partial charge in [-0.25, -0.2) is 0 Å². The van der Waals surface area contributed by atoms with Crippen LogP contribution >= 0.6 is 24.8 Å². The number of halogens is 2. The van der Waals surface area contributed by atoms with Crippen molar-refractivity contribution >= 4 is 41.3 Å². The van der Waals surface area contributed by atoms with E-state index in [0.717, 1.165) is 16.6 Å². The zero-order valence-electron chi connectivity index (χ0n) is 8.14. The third kappa shape index (κ3) is 2.53. The first-order valence-corrected chi connectivity index (χ1v) is 4.29. The predicted molar refractivity (Wildman–Crippen MR) is 70.7 cm³/mol. The van der Waals surface area contributed by atoms with Crippen LogP contribution in [0.2, 0.25) is 0 Å². The summed E-state index contributed by atoms with van der Waals surface area (Å²) in [5.74, 6) is 0. The third-order valence-corrected chi connectivity index (χ3v) is 2.28. The molecule has 0 spiro atoms. The Balaban J connectivity index is 0.000000980. The highest BCUT2D eigenvalue weighted by Gasteiger charge is 2.01. The van der Waals surface area contributed by atoms with Crippen molar-refractivity contribution in [1.82, 2.24) is 0 Å². The molecule has 0 saturated carbocycles. The minimum absolute atomic E-state index is 0. The highest BCUT2D eigenvalue weighted by atomic mass is 35.5. The van der Waals surface area contributed by atoms with Crippen LogP contribution in [0.25, 0.3) is 10.8 Å². The molecule has 0 aromatic heterocycles. The first kappa shape index (κ1) is 14.0. The Morgan fingerprint density at radius 2 is 1.60 bits per heavy atom. The summed E-state index contributed by atoms with van der Waals surface area (Å²) in [7, 11) is 0. The second kappa shape index (κ2) is 5.81. The monoisotopic (exact) mass is 244 g/mol. The van der Waals surface area contributed by atoms with Crippen molar-refractivity contribution in [3.05, 3.63) is 42.0 Å². The quantitative estimate of drug-likeness (QED) is 0.759. The van der Waals surface area contributed by atoms with E-state index in [0.29, 0.717) is 6.54 Å².